The molecule has 0 unspecified atom stereocenters. The molecule has 0 aliphatic carbocycles. The first kappa shape index (κ1) is 12.3. The molecule has 0 bridgehead atoms. The molecule has 0 saturated heterocycles. The van der Waals surface area contributed by atoms with Gasteiger partial charge in [0.2, 0.25) is 0 Å². The SMILES string of the molecule is O=C([O-])c1ccc[n+](CCCc2ccccc2)c1. The summed E-state index contributed by atoms with van der Waals surface area (Å²) in [5.41, 5.74) is 1.52. The maximum atomic E-state index is 10.7. The van der Waals surface area contributed by atoms with Crippen LogP contribution >= 0.6 is 0 Å². The molecular formula is C15H15NO2. The number of hydrogen-bond acceptors (Lipinski definition) is 2. The third-order valence-electron chi connectivity index (χ3n) is 2.82. The molecule has 18 heavy (non-hydrogen) atoms. The van der Waals surface area contributed by atoms with Gasteiger partial charge >= 0.3 is 0 Å². The number of nitrogens with zero attached hydrogens (tertiary/aromatic N) is 1. The third-order valence-corrected chi connectivity index (χ3v) is 2.82. The lowest BCUT2D eigenvalue weighted by atomic mass is 10.1. The van der Waals surface area contributed by atoms with Gasteiger partial charge < -0.3 is 9.90 Å². The smallest absolute Gasteiger partial charge is 0.177 e. The van der Waals surface area contributed by atoms with Crippen LogP contribution in [0.15, 0.2) is 54.9 Å². The largest absolute Gasteiger partial charge is 0.545 e. The number of carboxylic acids is 1. The predicted octanol–water partition coefficient (Wildman–Crippen LogP) is 0.970. The molecule has 3 heteroatoms. The summed E-state index contributed by atoms with van der Waals surface area (Å²) in [6, 6.07) is 13.5. The molecule has 1 aromatic heterocycles. The normalized spacial score (nSPS) is 10.2. The number of benzene rings is 1. The number of carboxylic acid groups (broad SMARTS) is 1. The number of pyridine rings is 1. The van der Waals surface area contributed by atoms with Gasteiger partial charge in [0.15, 0.2) is 12.4 Å². The highest BCUT2D eigenvalue weighted by molar-refractivity contribution is 5.84. The molecule has 0 aliphatic rings. The summed E-state index contributed by atoms with van der Waals surface area (Å²) in [5.74, 6) is -1.13. The van der Waals surface area contributed by atoms with Crippen LogP contribution in [0, 0.1) is 0 Å². The first-order chi connectivity index (χ1) is 8.75. The number of hydrogen-bond donors (Lipinski definition) is 0. The van der Waals surface area contributed by atoms with Crippen molar-refractivity contribution in [2.24, 2.45) is 0 Å². The minimum atomic E-state index is -1.13. The van der Waals surface area contributed by atoms with Crippen LogP contribution in [0.1, 0.15) is 22.3 Å². The van der Waals surface area contributed by atoms with Crippen molar-refractivity contribution in [2.45, 2.75) is 19.4 Å². The monoisotopic (exact) mass is 241 g/mol. The maximum Gasteiger partial charge on any atom is 0.177 e. The van der Waals surface area contributed by atoms with Gasteiger partial charge in [-0.05, 0) is 18.1 Å². The fourth-order valence-electron chi connectivity index (χ4n) is 1.89. The Kier molecular flexibility index (Phi) is 4.07. The zero-order chi connectivity index (χ0) is 12.8. The van der Waals surface area contributed by atoms with Gasteiger partial charge in [0.1, 0.15) is 6.54 Å². The first-order valence-corrected chi connectivity index (χ1v) is 6.00. The summed E-state index contributed by atoms with van der Waals surface area (Å²) in [6.07, 6.45) is 5.45. The summed E-state index contributed by atoms with van der Waals surface area (Å²) in [5, 5.41) is 10.7. The van der Waals surface area contributed by atoms with Crippen LogP contribution in [0.4, 0.5) is 0 Å². The number of aryl methyl sites for hydroxylation is 2. The van der Waals surface area contributed by atoms with Gasteiger partial charge in [-0.2, -0.15) is 0 Å². The number of aromatic carboxylic acids is 1. The predicted molar refractivity (Wildman–Crippen MR) is 65.7 cm³/mol. The van der Waals surface area contributed by atoms with Crippen molar-refractivity contribution in [3.8, 4) is 0 Å². The molecule has 0 amide bonds. The van der Waals surface area contributed by atoms with Crippen LogP contribution in [0.5, 0.6) is 0 Å². The summed E-state index contributed by atoms with van der Waals surface area (Å²) in [4.78, 5) is 10.7. The standard InChI is InChI=1S/C15H15NO2/c17-15(18)14-9-5-11-16(12-14)10-4-8-13-6-2-1-3-7-13/h1-3,5-7,9,11-12H,4,8,10H2. The van der Waals surface area contributed by atoms with Crippen molar-refractivity contribution in [1.29, 1.82) is 0 Å². The van der Waals surface area contributed by atoms with Crippen molar-refractivity contribution in [2.75, 3.05) is 0 Å². The molecule has 2 aromatic rings. The molecule has 0 radical (unpaired) electrons. The van der Waals surface area contributed by atoms with Gasteiger partial charge in [-0.25, -0.2) is 4.57 Å². The van der Waals surface area contributed by atoms with Crippen molar-refractivity contribution in [1.82, 2.24) is 0 Å². The zero-order valence-corrected chi connectivity index (χ0v) is 10.1. The van der Waals surface area contributed by atoms with E-state index in [2.05, 4.69) is 12.1 Å². The van der Waals surface area contributed by atoms with Gasteiger partial charge in [0, 0.05) is 12.5 Å². The molecule has 92 valence electrons. The quantitative estimate of drug-likeness (QED) is 0.732. The van der Waals surface area contributed by atoms with Crippen molar-refractivity contribution in [3.63, 3.8) is 0 Å². The minimum absolute atomic E-state index is 0.220. The Morgan fingerprint density at radius 3 is 2.61 bits per heavy atom. The summed E-state index contributed by atoms with van der Waals surface area (Å²) < 4.78 is 1.88. The summed E-state index contributed by atoms with van der Waals surface area (Å²) >= 11 is 0. The second kappa shape index (κ2) is 5.96. The lowest BCUT2D eigenvalue weighted by Crippen LogP contribution is -2.35. The van der Waals surface area contributed by atoms with Crippen molar-refractivity contribution >= 4 is 5.97 Å². The van der Waals surface area contributed by atoms with Gasteiger partial charge in [0.05, 0.1) is 11.5 Å². The Labute approximate surface area is 106 Å². The second-order valence-electron chi connectivity index (χ2n) is 4.21. The molecule has 0 aliphatic heterocycles. The lowest BCUT2D eigenvalue weighted by Gasteiger charge is -2.02. The number of carbonyl (C=O) groups is 1. The number of aromatic nitrogens is 1. The van der Waals surface area contributed by atoms with Crippen LogP contribution in [0.25, 0.3) is 0 Å². The van der Waals surface area contributed by atoms with Crippen LogP contribution in [0.3, 0.4) is 0 Å². The van der Waals surface area contributed by atoms with E-state index in [1.807, 2.05) is 29.0 Å². The van der Waals surface area contributed by atoms with Crippen LogP contribution in [-0.2, 0) is 13.0 Å². The lowest BCUT2D eigenvalue weighted by molar-refractivity contribution is -0.697. The Bertz CT molecular complexity index is 523. The van der Waals surface area contributed by atoms with Crippen LogP contribution in [0.2, 0.25) is 0 Å². The topological polar surface area (TPSA) is 44.0 Å². The Balaban J connectivity index is 1.90. The Hall–Kier alpha value is -2.16. The molecule has 1 heterocycles. The molecule has 2 rings (SSSR count). The highest BCUT2D eigenvalue weighted by Gasteiger charge is 2.03. The van der Waals surface area contributed by atoms with Crippen molar-refractivity contribution in [3.05, 3.63) is 66.0 Å². The number of carbonyl (C=O) groups excluding carboxylic acids is 1. The second-order valence-corrected chi connectivity index (χ2v) is 4.21. The average Bonchev–Trinajstić information content (AvgIpc) is 2.40. The van der Waals surface area contributed by atoms with E-state index in [-0.39, 0.29) is 5.56 Å². The number of rotatable bonds is 5. The van der Waals surface area contributed by atoms with E-state index in [9.17, 15) is 9.90 Å². The van der Waals surface area contributed by atoms with Gasteiger partial charge in [-0.15, -0.1) is 0 Å². The van der Waals surface area contributed by atoms with E-state index < -0.39 is 5.97 Å². The Morgan fingerprint density at radius 2 is 1.89 bits per heavy atom. The van der Waals surface area contributed by atoms with E-state index in [1.54, 1.807) is 18.3 Å². The molecule has 0 atom stereocenters. The fraction of sp³-hybridized carbons (Fsp3) is 0.200. The first-order valence-electron chi connectivity index (χ1n) is 6.00. The van der Waals surface area contributed by atoms with Crippen LogP contribution in [-0.4, -0.2) is 5.97 Å². The molecule has 3 nitrogen and oxygen atoms in total. The maximum absolute atomic E-state index is 10.7. The molecule has 0 saturated carbocycles. The van der Waals surface area contributed by atoms with Gasteiger partial charge in [-0.1, -0.05) is 30.3 Å². The summed E-state index contributed by atoms with van der Waals surface area (Å²) in [6.45, 7) is 0.802. The third kappa shape index (κ3) is 3.42. The van der Waals surface area contributed by atoms with Crippen molar-refractivity contribution < 1.29 is 14.5 Å². The van der Waals surface area contributed by atoms with E-state index in [0.29, 0.717) is 0 Å². The molecule has 0 N–H and O–H groups in total. The van der Waals surface area contributed by atoms with E-state index >= 15 is 0 Å². The highest BCUT2D eigenvalue weighted by atomic mass is 16.4. The van der Waals surface area contributed by atoms with Gasteiger partial charge in [0.25, 0.3) is 0 Å². The van der Waals surface area contributed by atoms with Gasteiger partial charge in [-0.3, -0.25) is 0 Å². The molecular weight excluding hydrogens is 226 g/mol. The summed E-state index contributed by atoms with van der Waals surface area (Å²) in [7, 11) is 0. The molecule has 0 fully saturated rings. The average molecular weight is 241 g/mol. The van der Waals surface area contributed by atoms with E-state index in [0.717, 1.165) is 19.4 Å². The highest BCUT2D eigenvalue weighted by Crippen LogP contribution is 2.02. The molecule has 1 aromatic carbocycles. The Morgan fingerprint density at radius 1 is 1.11 bits per heavy atom. The van der Waals surface area contributed by atoms with E-state index in [4.69, 9.17) is 0 Å². The molecule has 0 spiro atoms. The van der Waals surface area contributed by atoms with E-state index in [1.165, 1.54) is 5.56 Å². The zero-order valence-electron chi connectivity index (χ0n) is 10.1. The minimum Gasteiger partial charge on any atom is -0.545 e. The fourth-order valence-corrected chi connectivity index (χ4v) is 1.89. The van der Waals surface area contributed by atoms with Crippen LogP contribution < -0.4 is 9.67 Å².